The molecule has 0 aromatic heterocycles. The highest BCUT2D eigenvalue weighted by Crippen LogP contribution is 2.26. The highest BCUT2D eigenvalue weighted by Gasteiger charge is 2.18. The van der Waals surface area contributed by atoms with E-state index in [-0.39, 0.29) is 15.5 Å². The number of hydrogen-bond acceptors (Lipinski definition) is 3. The van der Waals surface area contributed by atoms with E-state index in [4.69, 9.17) is 17.3 Å². The Bertz CT molecular complexity index is 679. The van der Waals surface area contributed by atoms with E-state index in [2.05, 4.69) is 0 Å². The highest BCUT2D eigenvalue weighted by atomic mass is 35.5. The zero-order valence-electron chi connectivity index (χ0n) is 9.72. The number of anilines is 1. The third-order valence-corrected chi connectivity index (χ3v) is 4.72. The van der Waals surface area contributed by atoms with Crippen molar-refractivity contribution in [2.45, 2.75) is 16.7 Å². The average Bonchev–Trinajstić information content (AvgIpc) is 2.33. The molecule has 5 heteroatoms. The zero-order chi connectivity index (χ0) is 13.3. The number of rotatable bonds is 2. The van der Waals surface area contributed by atoms with Crippen LogP contribution in [0.5, 0.6) is 0 Å². The van der Waals surface area contributed by atoms with Crippen LogP contribution in [0.15, 0.2) is 52.3 Å². The predicted molar refractivity (Wildman–Crippen MR) is 72.5 cm³/mol. The first-order valence-corrected chi connectivity index (χ1v) is 7.14. The van der Waals surface area contributed by atoms with Crippen molar-refractivity contribution in [2.24, 2.45) is 0 Å². The lowest BCUT2D eigenvalue weighted by atomic mass is 10.2. The summed E-state index contributed by atoms with van der Waals surface area (Å²) in [6, 6.07) is 11.0. The topological polar surface area (TPSA) is 60.2 Å². The van der Waals surface area contributed by atoms with Gasteiger partial charge < -0.3 is 5.73 Å². The summed E-state index contributed by atoms with van der Waals surface area (Å²) < 4.78 is 24.6. The van der Waals surface area contributed by atoms with Gasteiger partial charge >= 0.3 is 0 Å². The molecule has 0 radical (unpaired) electrons. The van der Waals surface area contributed by atoms with E-state index in [1.807, 2.05) is 6.92 Å². The van der Waals surface area contributed by atoms with Crippen LogP contribution in [0.1, 0.15) is 5.56 Å². The molecule has 18 heavy (non-hydrogen) atoms. The quantitative estimate of drug-likeness (QED) is 0.861. The van der Waals surface area contributed by atoms with Crippen molar-refractivity contribution in [1.29, 1.82) is 0 Å². The van der Waals surface area contributed by atoms with Crippen molar-refractivity contribution in [1.82, 2.24) is 0 Å². The number of nitrogen functional groups attached to an aromatic ring is 1. The molecule has 94 valence electrons. The van der Waals surface area contributed by atoms with Gasteiger partial charge in [0.25, 0.3) is 0 Å². The van der Waals surface area contributed by atoms with E-state index >= 15 is 0 Å². The highest BCUT2D eigenvalue weighted by molar-refractivity contribution is 7.91. The maximum Gasteiger partial charge on any atom is 0.206 e. The normalized spacial score (nSPS) is 11.4. The summed E-state index contributed by atoms with van der Waals surface area (Å²) in [5.41, 5.74) is 6.88. The second kappa shape index (κ2) is 4.63. The van der Waals surface area contributed by atoms with Crippen LogP contribution in [-0.2, 0) is 9.84 Å². The van der Waals surface area contributed by atoms with Gasteiger partial charge in [0.2, 0.25) is 9.84 Å². The Balaban J connectivity index is 2.54. The summed E-state index contributed by atoms with van der Waals surface area (Å²) in [4.78, 5) is 0.392. The van der Waals surface area contributed by atoms with E-state index in [1.54, 1.807) is 24.3 Å². The van der Waals surface area contributed by atoms with Crippen LogP contribution >= 0.6 is 11.6 Å². The van der Waals surface area contributed by atoms with Crippen molar-refractivity contribution in [3.8, 4) is 0 Å². The lowest BCUT2D eigenvalue weighted by Crippen LogP contribution is -2.03. The lowest BCUT2D eigenvalue weighted by molar-refractivity contribution is 0.596. The van der Waals surface area contributed by atoms with Crippen LogP contribution in [0, 0.1) is 6.92 Å². The zero-order valence-corrected chi connectivity index (χ0v) is 11.3. The second-order valence-electron chi connectivity index (χ2n) is 4.00. The van der Waals surface area contributed by atoms with Crippen LogP contribution in [0.25, 0.3) is 0 Å². The van der Waals surface area contributed by atoms with Gasteiger partial charge in [-0.25, -0.2) is 8.42 Å². The molecule has 0 aliphatic rings. The summed E-state index contributed by atoms with van der Waals surface area (Å²) in [7, 11) is -3.53. The molecule has 0 saturated carbocycles. The molecule has 2 rings (SSSR count). The van der Waals surface area contributed by atoms with Crippen LogP contribution in [0.4, 0.5) is 5.69 Å². The van der Waals surface area contributed by atoms with Gasteiger partial charge in [-0.05, 0) is 37.3 Å². The van der Waals surface area contributed by atoms with E-state index in [0.717, 1.165) is 5.56 Å². The number of aryl methyl sites for hydroxylation is 1. The first-order chi connectivity index (χ1) is 8.41. The Kier molecular flexibility index (Phi) is 3.32. The van der Waals surface area contributed by atoms with Crippen LogP contribution in [0.2, 0.25) is 5.02 Å². The van der Waals surface area contributed by atoms with Crippen LogP contribution in [0.3, 0.4) is 0 Å². The van der Waals surface area contributed by atoms with Gasteiger partial charge in [0.05, 0.1) is 20.5 Å². The first kappa shape index (κ1) is 12.9. The Morgan fingerprint density at radius 1 is 1.00 bits per heavy atom. The molecular formula is C13H12ClNO2S. The average molecular weight is 282 g/mol. The number of nitrogens with two attached hydrogens (primary N) is 1. The van der Waals surface area contributed by atoms with Gasteiger partial charge in [0.15, 0.2) is 0 Å². The van der Waals surface area contributed by atoms with E-state index in [0.29, 0.717) is 5.02 Å². The Hall–Kier alpha value is -1.52. The molecule has 0 fully saturated rings. The minimum Gasteiger partial charge on any atom is -0.397 e. The molecule has 0 bridgehead atoms. The molecular weight excluding hydrogens is 270 g/mol. The smallest absolute Gasteiger partial charge is 0.206 e. The molecule has 0 spiro atoms. The Morgan fingerprint density at radius 2 is 1.56 bits per heavy atom. The Morgan fingerprint density at radius 3 is 2.11 bits per heavy atom. The molecule has 2 aromatic carbocycles. The number of sulfone groups is 1. The predicted octanol–water partition coefficient (Wildman–Crippen LogP) is 3.06. The summed E-state index contributed by atoms with van der Waals surface area (Å²) in [5.74, 6) is 0. The first-order valence-electron chi connectivity index (χ1n) is 5.28. The summed E-state index contributed by atoms with van der Waals surface area (Å²) in [6.45, 7) is 1.90. The Labute approximate surface area is 111 Å². The van der Waals surface area contributed by atoms with E-state index < -0.39 is 9.84 Å². The fraction of sp³-hybridized carbons (Fsp3) is 0.0769. The van der Waals surface area contributed by atoms with Gasteiger partial charge in [-0.1, -0.05) is 29.3 Å². The van der Waals surface area contributed by atoms with Crippen LogP contribution in [-0.4, -0.2) is 8.42 Å². The molecule has 0 unspecified atom stereocenters. The molecule has 0 atom stereocenters. The fourth-order valence-electron chi connectivity index (χ4n) is 1.54. The van der Waals surface area contributed by atoms with Gasteiger partial charge in [-0.15, -0.1) is 0 Å². The summed E-state index contributed by atoms with van der Waals surface area (Å²) >= 11 is 5.78. The third kappa shape index (κ3) is 2.35. The summed E-state index contributed by atoms with van der Waals surface area (Å²) in [6.07, 6.45) is 0. The number of halogens is 1. The minimum absolute atomic E-state index is 0.147. The molecule has 3 nitrogen and oxygen atoms in total. The molecule has 0 aliphatic carbocycles. The van der Waals surface area contributed by atoms with Gasteiger partial charge in [-0.2, -0.15) is 0 Å². The van der Waals surface area contributed by atoms with Crippen molar-refractivity contribution in [3.63, 3.8) is 0 Å². The molecule has 0 aliphatic heterocycles. The molecule has 2 aromatic rings. The fourth-order valence-corrected chi connectivity index (χ4v) is 2.96. The third-order valence-electron chi connectivity index (χ3n) is 2.61. The van der Waals surface area contributed by atoms with Crippen molar-refractivity contribution >= 4 is 27.1 Å². The van der Waals surface area contributed by atoms with Gasteiger partial charge in [-0.3, -0.25) is 0 Å². The van der Waals surface area contributed by atoms with Gasteiger partial charge in [0, 0.05) is 0 Å². The number of benzene rings is 2. The van der Waals surface area contributed by atoms with Gasteiger partial charge in [0.1, 0.15) is 0 Å². The van der Waals surface area contributed by atoms with E-state index in [1.165, 1.54) is 18.2 Å². The van der Waals surface area contributed by atoms with Crippen LogP contribution < -0.4 is 5.73 Å². The summed E-state index contributed by atoms with van der Waals surface area (Å²) in [5, 5.41) is 0.345. The SMILES string of the molecule is Cc1ccc(S(=O)(=O)c2ccc(Cl)c(N)c2)cc1. The minimum atomic E-state index is -3.53. The molecule has 0 amide bonds. The second-order valence-corrected chi connectivity index (χ2v) is 6.36. The van der Waals surface area contributed by atoms with Crippen molar-refractivity contribution in [3.05, 3.63) is 53.1 Å². The van der Waals surface area contributed by atoms with Crippen molar-refractivity contribution < 1.29 is 8.42 Å². The van der Waals surface area contributed by atoms with E-state index in [9.17, 15) is 8.42 Å². The maximum atomic E-state index is 12.3. The maximum absolute atomic E-state index is 12.3. The molecule has 0 heterocycles. The monoisotopic (exact) mass is 281 g/mol. The number of hydrogen-bond donors (Lipinski definition) is 1. The molecule has 0 saturated heterocycles. The largest absolute Gasteiger partial charge is 0.397 e. The standard InChI is InChI=1S/C13H12ClNO2S/c1-9-2-4-10(5-3-9)18(16,17)11-6-7-12(14)13(15)8-11/h2-8H,15H2,1H3. The molecule has 2 N–H and O–H groups in total. The lowest BCUT2D eigenvalue weighted by Gasteiger charge is -2.06. The van der Waals surface area contributed by atoms with Crippen molar-refractivity contribution in [2.75, 3.05) is 5.73 Å².